The topological polar surface area (TPSA) is 63.4 Å². The molecule has 0 unspecified atom stereocenters. The molecule has 0 aliphatic heterocycles. The molecule has 0 amide bonds. The van der Waals surface area contributed by atoms with E-state index in [0.29, 0.717) is 11.3 Å². The van der Waals surface area contributed by atoms with Crippen LogP contribution in [-0.2, 0) is 0 Å². The van der Waals surface area contributed by atoms with Crippen LogP contribution >= 0.6 is 0 Å². The van der Waals surface area contributed by atoms with Gasteiger partial charge in [0.15, 0.2) is 0 Å². The summed E-state index contributed by atoms with van der Waals surface area (Å²) in [6.45, 7) is 0. The average molecular weight is 167 g/mol. The molecule has 0 aliphatic carbocycles. The Hall–Kier alpha value is -2.26. The van der Waals surface area contributed by atoms with Gasteiger partial charge in [0.25, 0.3) is 0 Å². The maximum atomic E-state index is 8.77. The second-order valence-electron chi connectivity index (χ2n) is 2.67. The van der Waals surface area contributed by atoms with Gasteiger partial charge in [0, 0.05) is 10.9 Å². The first kappa shape index (κ1) is 7.39. The van der Waals surface area contributed by atoms with E-state index in [-0.39, 0.29) is 0 Å². The quantitative estimate of drug-likeness (QED) is 0.651. The normalized spacial score (nSPS) is 9.38. The first-order valence-electron chi connectivity index (χ1n) is 3.77. The maximum absolute atomic E-state index is 8.77. The van der Waals surface area contributed by atoms with Crippen LogP contribution in [0.25, 0.3) is 10.9 Å². The van der Waals surface area contributed by atoms with Crippen molar-refractivity contribution in [1.82, 2.24) is 4.98 Å². The molecule has 3 heteroatoms. The van der Waals surface area contributed by atoms with Gasteiger partial charge in [-0.1, -0.05) is 6.07 Å². The van der Waals surface area contributed by atoms with Crippen LogP contribution in [0.2, 0.25) is 0 Å². The van der Waals surface area contributed by atoms with Crippen LogP contribution < -0.4 is 0 Å². The summed E-state index contributed by atoms with van der Waals surface area (Å²) in [4.78, 5) is 2.91. The van der Waals surface area contributed by atoms with E-state index >= 15 is 0 Å². The average Bonchev–Trinajstić information content (AvgIpc) is 2.59. The van der Waals surface area contributed by atoms with E-state index in [1.165, 1.54) is 0 Å². The zero-order valence-electron chi connectivity index (χ0n) is 6.70. The largest absolute Gasteiger partial charge is 0.346 e. The van der Waals surface area contributed by atoms with Gasteiger partial charge in [0.2, 0.25) is 0 Å². The lowest BCUT2D eigenvalue weighted by Crippen LogP contribution is -1.73. The van der Waals surface area contributed by atoms with Crippen molar-refractivity contribution in [2.45, 2.75) is 0 Å². The van der Waals surface area contributed by atoms with Gasteiger partial charge in [-0.2, -0.15) is 10.5 Å². The minimum Gasteiger partial charge on any atom is -0.346 e. The highest BCUT2D eigenvalue weighted by molar-refractivity contribution is 5.86. The molecule has 2 rings (SSSR count). The predicted molar refractivity (Wildman–Crippen MR) is 47.7 cm³/mol. The molecule has 0 aliphatic rings. The molecule has 1 aromatic carbocycles. The van der Waals surface area contributed by atoms with E-state index in [2.05, 4.69) is 11.1 Å². The monoisotopic (exact) mass is 167 g/mol. The molecule has 0 atom stereocenters. The van der Waals surface area contributed by atoms with Crippen molar-refractivity contribution in [2.75, 3.05) is 0 Å². The minimum absolute atomic E-state index is 0.484. The molecule has 2 aromatic rings. The van der Waals surface area contributed by atoms with Crippen LogP contribution in [-0.4, -0.2) is 4.98 Å². The third kappa shape index (κ3) is 1.04. The zero-order valence-corrected chi connectivity index (χ0v) is 6.70. The van der Waals surface area contributed by atoms with Crippen LogP contribution in [0.4, 0.5) is 0 Å². The summed E-state index contributed by atoms with van der Waals surface area (Å²) >= 11 is 0. The van der Waals surface area contributed by atoms with Gasteiger partial charge in [0.1, 0.15) is 11.8 Å². The second kappa shape index (κ2) is 2.66. The SMILES string of the molecule is N#Cc1cc2c(C#N)cccc2[nH]1. The zero-order chi connectivity index (χ0) is 9.26. The number of aromatic amines is 1. The molecule has 1 aromatic heterocycles. The highest BCUT2D eigenvalue weighted by atomic mass is 14.7. The van der Waals surface area contributed by atoms with Crippen LogP contribution in [0.15, 0.2) is 24.3 Å². The molecular weight excluding hydrogens is 162 g/mol. The van der Waals surface area contributed by atoms with Gasteiger partial charge >= 0.3 is 0 Å². The van der Waals surface area contributed by atoms with E-state index in [1.807, 2.05) is 12.1 Å². The van der Waals surface area contributed by atoms with Crippen molar-refractivity contribution in [3.63, 3.8) is 0 Å². The van der Waals surface area contributed by atoms with Crippen LogP contribution in [0.3, 0.4) is 0 Å². The molecule has 1 N–H and O–H groups in total. The Morgan fingerprint density at radius 3 is 2.69 bits per heavy atom. The number of H-pyrrole nitrogens is 1. The fraction of sp³-hybridized carbons (Fsp3) is 0. The number of aromatic nitrogens is 1. The van der Waals surface area contributed by atoms with E-state index in [1.54, 1.807) is 18.2 Å². The molecular formula is C10H5N3. The number of rotatable bonds is 0. The van der Waals surface area contributed by atoms with Crippen molar-refractivity contribution >= 4 is 10.9 Å². The minimum atomic E-state index is 0.484. The van der Waals surface area contributed by atoms with Gasteiger partial charge < -0.3 is 4.98 Å². The number of hydrogen-bond acceptors (Lipinski definition) is 2. The summed E-state index contributed by atoms with van der Waals surface area (Å²) in [5.41, 5.74) is 1.91. The molecule has 13 heavy (non-hydrogen) atoms. The molecule has 0 spiro atoms. The van der Waals surface area contributed by atoms with Gasteiger partial charge in [-0.3, -0.25) is 0 Å². The molecule has 0 saturated heterocycles. The lowest BCUT2D eigenvalue weighted by atomic mass is 10.1. The molecule has 0 bridgehead atoms. The van der Waals surface area contributed by atoms with Crippen molar-refractivity contribution in [3.05, 3.63) is 35.5 Å². The Morgan fingerprint density at radius 1 is 1.15 bits per heavy atom. The highest BCUT2D eigenvalue weighted by Crippen LogP contribution is 2.18. The lowest BCUT2D eigenvalue weighted by Gasteiger charge is -1.89. The Labute approximate surface area is 74.8 Å². The fourth-order valence-electron chi connectivity index (χ4n) is 1.31. The summed E-state index contributed by atoms with van der Waals surface area (Å²) in [6.07, 6.45) is 0. The van der Waals surface area contributed by atoms with Gasteiger partial charge in [-0.15, -0.1) is 0 Å². The predicted octanol–water partition coefficient (Wildman–Crippen LogP) is 1.91. The molecule has 0 fully saturated rings. The fourth-order valence-corrected chi connectivity index (χ4v) is 1.31. The Morgan fingerprint density at radius 2 is 2.00 bits per heavy atom. The Kier molecular flexibility index (Phi) is 1.51. The summed E-state index contributed by atoms with van der Waals surface area (Å²) in [5.74, 6) is 0. The van der Waals surface area contributed by atoms with Crippen LogP contribution in [0.5, 0.6) is 0 Å². The number of nitrogens with one attached hydrogen (secondary N) is 1. The van der Waals surface area contributed by atoms with E-state index in [0.717, 1.165) is 10.9 Å². The van der Waals surface area contributed by atoms with Crippen molar-refractivity contribution < 1.29 is 0 Å². The number of benzene rings is 1. The highest BCUT2D eigenvalue weighted by Gasteiger charge is 2.03. The van der Waals surface area contributed by atoms with E-state index < -0.39 is 0 Å². The van der Waals surface area contributed by atoms with Crippen molar-refractivity contribution in [2.24, 2.45) is 0 Å². The molecule has 0 radical (unpaired) electrons. The van der Waals surface area contributed by atoms with E-state index in [9.17, 15) is 0 Å². The summed E-state index contributed by atoms with van der Waals surface area (Å²) < 4.78 is 0. The number of fused-ring (bicyclic) bond motifs is 1. The van der Waals surface area contributed by atoms with Crippen molar-refractivity contribution in [1.29, 1.82) is 10.5 Å². The standard InChI is InChI=1S/C10H5N3/c11-5-7-2-1-3-10-9(7)4-8(6-12)13-10/h1-4,13H. The Balaban J connectivity index is 2.86. The smallest absolute Gasteiger partial charge is 0.118 e. The third-order valence-corrected chi connectivity index (χ3v) is 1.91. The van der Waals surface area contributed by atoms with Crippen molar-refractivity contribution in [3.8, 4) is 12.1 Å². The number of nitrogens with zero attached hydrogens (tertiary/aromatic N) is 2. The molecule has 0 saturated carbocycles. The van der Waals surface area contributed by atoms with Gasteiger partial charge in [0.05, 0.1) is 11.6 Å². The molecule has 1 heterocycles. The lowest BCUT2D eigenvalue weighted by molar-refractivity contribution is 1.37. The van der Waals surface area contributed by atoms with E-state index in [4.69, 9.17) is 10.5 Å². The van der Waals surface area contributed by atoms with Gasteiger partial charge in [-0.05, 0) is 18.2 Å². The van der Waals surface area contributed by atoms with Crippen LogP contribution in [0, 0.1) is 22.7 Å². The summed E-state index contributed by atoms with van der Waals surface area (Å²) in [5, 5.41) is 18.2. The summed E-state index contributed by atoms with van der Waals surface area (Å²) in [6, 6.07) is 11.1. The van der Waals surface area contributed by atoms with Gasteiger partial charge in [-0.25, -0.2) is 0 Å². The Bertz CT molecular complexity index is 537. The first-order chi connectivity index (χ1) is 6.35. The third-order valence-electron chi connectivity index (χ3n) is 1.91. The number of nitriles is 2. The number of hydrogen-bond donors (Lipinski definition) is 1. The second-order valence-corrected chi connectivity index (χ2v) is 2.67. The molecule has 3 nitrogen and oxygen atoms in total. The molecule has 60 valence electrons. The first-order valence-corrected chi connectivity index (χ1v) is 3.77. The maximum Gasteiger partial charge on any atom is 0.118 e. The summed E-state index contributed by atoms with van der Waals surface area (Å²) in [7, 11) is 0. The van der Waals surface area contributed by atoms with Crippen LogP contribution in [0.1, 0.15) is 11.3 Å².